The summed E-state index contributed by atoms with van der Waals surface area (Å²) in [6.07, 6.45) is 3.79. The Bertz CT molecular complexity index is 383. The normalized spacial score (nSPS) is 25.8. The van der Waals surface area contributed by atoms with Crippen molar-refractivity contribution in [1.82, 2.24) is 4.98 Å². The van der Waals surface area contributed by atoms with Crippen molar-refractivity contribution in [2.75, 3.05) is 0 Å². The lowest BCUT2D eigenvalue weighted by Gasteiger charge is -2.03. The molecule has 1 heterocycles. The fraction of sp³-hybridized carbons (Fsp3) is 0.667. The molecule has 0 aliphatic heterocycles. The number of carbonyl (C=O) groups is 1. The number of aryl methyl sites for hydroxylation is 1. The minimum Gasteiger partial charge on any atom is -0.294 e. The number of thiazole rings is 1. The minimum atomic E-state index is 0.155. The Balaban J connectivity index is 2.23. The van der Waals surface area contributed by atoms with Gasteiger partial charge < -0.3 is 0 Å². The summed E-state index contributed by atoms with van der Waals surface area (Å²) in [5, 5.41) is 1.18. The molecule has 0 aromatic carbocycles. The first-order valence-electron chi connectivity index (χ1n) is 5.56. The largest absolute Gasteiger partial charge is 0.294 e. The topological polar surface area (TPSA) is 30.0 Å². The molecule has 1 aromatic rings. The highest BCUT2D eigenvalue weighted by atomic mass is 32.1. The van der Waals surface area contributed by atoms with Crippen molar-refractivity contribution < 1.29 is 4.79 Å². The van der Waals surface area contributed by atoms with Gasteiger partial charge in [0.25, 0.3) is 0 Å². The second-order valence-electron chi connectivity index (χ2n) is 4.64. The summed E-state index contributed by atoms with van der Waals surface area (Å²) in [5.41, 5.74) is 0.919. The molecule has 1 aliphatic carbocycles. The van der Waals surface area contributed by atoms with Crippen LogP contribution in [0, 0.1) is 12.8 Å². The first-order valence-corrected chi connectivity index (χ1v) is 6.38. The third-order valence-corrected chi connectivity index (χ3v) is 4.60. The monoisotopic (exact) mass is 223 g/mol. The Kier molecular flexibility index (Phi) is 2.91. The van der Waals surface area contributed by atoms with Crippen LogP contribution in [-0.2, 0) is 0 Å². The number of ketones is 1. The highest BCUT2D eigenvalue weighted by Gasteiger charge is 2.26. The van der Waals surface area contributed by atoms with Crippen LogP contribution in [0.25, 0.3) is 0 Å². The van der Waals surface area contributed by atoms with Crippen molar-refractivity contribution in [3.05, 3.63) is 15.6 Å². The number of hydrogen-bond donors (Lipinski definition) is 0. The minimum absolute atomic E-state index is 0.155. The highest BCUT2D eigenvalue weighted by Crippen LogP contribution is 2.40. The summed E-state index contributed by atoms with van der Waals surface area (Å²) in [4.78, 5) is 16.7. The van der Waals surface area contributed by atoms with Gasteiger partial charge in [-0.15, -0.1) is 11.3 Å². The zero-order chi connectivity index (χ0) is 11.0. The Morgan fingerprint density at radius 1 is 1.47 bits per heavy atom. The molecule has 15 heavy (non-hydrogen) atoms. The lowest BCUT2D eigenvalue weighted by Crippen LogP contribution is -1.92. The van der Waals surface area contributed by atoms with Crippen molar-refractivity contribution in [2.24, 2.45) is 5.92 Å². The molecule has 1 aliphatic rings. The molecule has 1 fully saturated rings. The lowest BCUT2D eigenvalue weighted by atomic mass is 10.1. The second-order valence-corrected chi connectivity index (χ2v) is 5.67. The van der Waals surface area contributed by atoms with Crippen LogP contribution in [0.3, 0.4) is 0 Å². The predicted molar refractivity (Wildman–Crippen MR) is 62.6 cm³/mol. The van der Waals surface area contributed by atoms with E-state index in [1.54, 1.807) is 18.3 Å². The zero-order valence-electron chi connectivity index (χ0n) is 9.54. The van der Waals surface area contributed by atoms with Crippen LogP contribution < -0.4 is 0 Å². The summed E-state index contributed by atoms with van der Waals surface area (Å²) in [5.74, 6) is 1.58. The third kappa shape index (κ3) is 2.12. The first-order chi connectivity index (χ1) is 7.08. The Morgan fingerprint density at radius 3 is 2.67 bits per heavy atom. The quantitative estimate of drug-likeness (QED) is 0.718. The van der Waals surface area contributed by atoms with Crippen LogP contribution in [0.1, 0.15) is 59.4 Å². The van der Waals surface area contributed by atoms with Crippen LogP contribution in [-0.4, -0.2) is 10.8 Å². The van der Waals surface area contributed by atoms with Crippen LogP contribution in [0.4, 0.5) is 0 Å². The Hall–Kier alpha value is -0.700. The van der Waals surface area contributed by atoms with E-state index in [-0.39, 0.29) is 5.78 Å². The van der Waals surface area contributed by atoms with Crippen LogP contribution in [0.5, 0.6) is 0 Å². The molecule has 0 saturated heterocycles. The van der Waals surface area contributed by atoms with Gasteiger partial charge in [-0.2, -0.15) is 0 Å². The summed E-state index contributed by atoms with van der Waals surface area (Å²) in [6, 6.07) is 0. The SMILES string of the molecule is CC(=O)c1sc(C2CCC(C)C2)nc1C. The van der Waals surface area contributed by atoms with Crippen LogP contribution in [0.2, 0.25) is 0 Å². The molecule has 0 radical (unpaired) electrons. The van der Waals surface area contributed by atoms with Crippen LogP contribution >= 0.6 is 11.3 Å². The molecular weight excluding hydrogens is 206 g/mol. The maximum atomic E-state index is 11.3. The lowest BCUT2D eigenvalue weighted by molar-refractivity contribution is 0.102. The van der Waals surface area contributed by atoms with Crippen LogP contribution in [0.15, 0.2) is 0 Å². The molecule has 0 bridgehead atoms. The predicted octanol–water partition coefficient (Wildman–Crippen LogP) is 3.56. The number of aromatic nitrogens is 1. The molecule has 1 saturated carbocycles. The fourth-order valence-electron chi connectivity index (χ4n) is 2.35. The molecule has 1 aromatic heterocycles. The molecule has 2 unspecified atom stereocenters. The number of Topliss-reactive ketones (excluding diaryl/α,β-unsaturated/α-hetero) is 1. The number of hydrogen-bond acceptors (Lipinski definition) is 3. The molecule has 3 heteroatoms. The highest BCUT2D eigenvalue weighted by molar-refractivity contribution is 7.13. The standard InChI is InChI=1S/C12H17NOS/c1-7-4-5-10(6-7)12-13-8(2)11(15-12)9(3)14/h7,10H,4-6H2,1-3H3. The molecule has 2 nitrogen and oxygen atoms in total. The third-order valence-electron chi connectivity index (χ3n) is 3.18. The Morgan fingerprint density at radius 2 is 2.20 bits per heavy atom. The zero-order valence-corrected chi connectivity index (χ0v) is 10.4. The summed E-state index contributed by atoms with van der Waals surface area (Å²) in [7, 11) is 0. The van der Waals surface area contributed by atoms with E-state index in [1.165, 1.54) is 24.3 Å². The number of carbonyl (C=O) groups excluding carboxylic acids is 1. The van der Waals surface area contributed by atoms with Gasteiger partial charge in [0.05, 0.1) is 15.6 Å². The van der Waals surface area contributed by atoms with Gasteiger partial charge in [-0.25, -0.2) is 4.98 Å². The Labute approximate surface area is 94.7 Å². The van der Waals surface area contributed by atoms with Crippen molar-refractivity contribution >= 4 is 17.1 Å². The van der Waals surface area contributed by atoms with E-state index >= 15 is 0 Å². The molecule has 2 atom stereocenters. The van der Waals surface area contributed by atoms with Gasteiger partial charge in [0.1, 0.15) is 0 Å². The second kappa shape index (κ2) is 4.05. The average Bonchev–Trinajstić information content (AvgIpc) is 2.71. The smallest absolute Gasteiger partial charge is 0.171 e. The maximum Gasteiger partial charge on any atom is 0.171 e. The van der Waals surface area contributed by atoms with E-state index in [0.717, 1.165) is 16.5 Å². The molecule has 0 spiro atoms. The van der Waals surface area contributed by atoms with E-state index in [2.05, 4.69) is 11.9 Å². The van der Waals surface area contributed by atoms with Gasteiger partial charge in [-0.1, -0.05) is 13.3 Å². The van der Waals surface area contributed by atoms with E-state index in [9.17, 15) is 4.79 Å². The molecular formula is C12H17NOS. The van der Waals surface area contributed by atoms with Gasteiger partial charge in [-0.05, 0) is 25.7 Å². The van der Waals surface area contributed by atoms with E-state index < -0.39 is 0 Å². The van der Waals surface area contributed by atoms with E-state index in [4.69, 9.17) is 0 Å². The maximum absolute atomic E-state index is 11.3. The molecule has 0 N–H and O–H groups in total. The number of nitrogens with zero attached hydrogens (tertiary/aromatic N) is 1. The van der Waals surface area contributed by atoms with Gasteiger partial charge in [-0.3, -0.25) is 4.79 Å². The van der Waals surface area contributed by atoms with Gasteiger partial charge in [0.15, 0.2) is 5.78 Å². The molecule has 82 valence electrons. The van der Waals surface area contributed by atoms with Gasteiger partial charge in [0.2, 0.25) is 0 Å². The molecule has 0 amide bonds. The van der Waals surface area contributed by atoms with E-state index in [0.29, 0.717) is 5.92 Å². The summed E-state index contributed by atoms with van der Waals surface area (Å²) in [6.45, 7) is 5.86. The van der Waals surface area contributed by atoms with Crippen molar-refractivity contribution in [3.8, 4) is 0 Å². The van der Waals surface area contributed by atoms with Gasteiger partial charge in [0, 0.05) is 12.8 Å². The summed E-state index contributed by atoms with van der Waals surface area (Å²) < 4.78 is 0. The first kappa shape index (κ1) is 10.8. The molecule has 2 rings (SSSR count). The van der Waals surface area contributed by atoms with Crippen molar-refractivity contribution in [2.45, 2.75) is 46.0 Å². The van der Waals surface area contributed by atoms with E-state index in [1.807, 2.05) is 6.92 Å². The fourth-order valence-corrected chi connectivity index (χ4v) is 3.46. The number of rotatable bonds is 2. The van der Waals surface area contributed by atoms with Crippen molar-refractivity contribution in [3.63, 3.8) is 0 Å². The summed E-state index contributed by atoms with van der Waals surface area (Å²) >= 11 is 1.61. The van der Waals surface area contributed by atoms with Crippen molar-refractivity contribution in [1.29, 1.82) is 0 Å². The average molecular weight is 223 g/mol. The van der Waals surface area contributed by atoms with Gasteiger partial charge >= 0.3 is 0 Å².